The van der Waals surface area contributed by atoms with Crippen LogP contribution in [0.25, 0.3) is 0 Å². The summed E-state index contributed by atoms with van der Waals surface area (Å²) in [6.07, 6.45) is 0. The number of amides is 3. The number of fused-ring (bicyclic) bond motifs is 4. The molecule has 0 unspecified atom stereocenters. The summed E-state index contributed by atoms with van der Waals surface area (Å²) in [7, 11) is 0. The van der Waals surface area contributed by atoms with Crippen molar-refractivity contribution in [3.63, 3.8) is 0 Å². The molecule has 2 fully saturated rings. The van der Waals surface area contributed by atoms with Gasteiger partial charge in [-0.25, -0.2) is 4.90 Å². The van der Waals surface area contributed by atoms with Crippen LogP contribution < -0.4 is 15.5 Å². The second-order valence-corrected chi connectivity index (χ2v) is 7.96. The van der Waals surface area contributed by atoms with Crippen LogP contribution in [0.2, 0.25) is 0 Å². The molecule has 7 heteroatoms. The lowest BCUT2D eigenvalue weighted by molar-refractivity contribution is -0.130. The molecule has 28 heavy (non-hydrogen) atoms. The molecule has 2 saturated heterocycles. The lowest BCUT2D eigenvalue weighted by atomic mass is 9.76. The Morgan fingerprint density at radius 2 is 1.75 bits per heavy atom. The number of rotatable bonds is 2. The third-order valence-corrected chi connectivity index (χ3v) is 6.50. The molecule has 3 aliphatic rings. The van der Waals surface area contributed by atoms with Gasteiger partial charge in [-0.2, -0.15) is 12.6 Å². The molecule has 3 amide bonds. The lowest BCUT2D eigenvalue weighted by Crippen LogP contribution is -2.53. The fraction of sp³-hybridized carbons (Fsp3) is 0.286. The van der Waals surface area contributed by atoms with Crippen LogP contribution in [-0.4, -0.2) is 29.5 Å². The molecule has 0 radical (unpaired) electrons. The number of aryl methyl sites for hydroxylation is 1. The third-order valence-electron chi connectivity index (χ3n) is 6.11. The molecular weight excluding hydrogens is 374 g/mol. The van der Waals surface area contributed by atoms with E-state index >= 15 is 0 Å². The molecule has 5 rings (SSSR count). The van der Waals surface area contributed by atoms with Crippen LogP contribution in [-0.2, 0) is 19.9 Å². The van der Waals surface area contributed by atoms with Crippen LogP contribution in [0.5, 0.6) is 0 Å². The van der Waals surface area contributed by atoms with Gasteiger partial charge >= 0.3 is 0 Å². The Labute approximate surface area is 167 Å². The Hall–Kier alpha value is -2.64. The number of para-hydroxylation sites is 1. The zero-order chi connectivity index (χ0) is 19.6. The summed E-state index contributed by atoms with van der Waals surface area (Å²) < 4.78 is 0. The third kappa shape index (κ3) is 2.06. The first-order chi connectivity index (χ1) is 13.5. The average Bonchev–Trinajstić information content (AvgIpc) is 3.28. The van der Waals surface area contributed by atoms with Crippen molar-refractivity contribution in [1.82, 2.24) is 5.32 Å². The van der Waals surface area contributed by atoms with Crippen molar-refractivity contribution < 1.29 is 14.4 Å². The summed E-state index contributed by atoms with van der Waals surface area (Å²) in [4.78, 5) is 41.2. The van der Waals surface area contributed by atoms with E-state index in [1.165, 1.54) is 4.90 Å². The molecule has 0 bridgehead atoms. The highest BCUT2D eigenvalue weighted by molar-refractivity contribution is 7.80. The molecule has 2 aromatic carbocycles. The minimum atomic E-state index is -1.25. The molecule has 0 saturated carbocycles. The first-order valence-electron chi connectivity index (χ1n) is 9.23. The van der Waals surface area contributed by atoms with E-state index < -0.39 is 17.4 Å². The Kier molecular flexibility index (Phi) is 3.70. The number of benzene rings is 2. The maximum atomic E-state index is 13.5. The Morgan fingerprint density at radius 1 is 1.04 bits per heavy atom. The highest BCUT2D eigenvalue weighted by atomic mass is 32.1. The number of imide groups is 1. The Morgan fingerprint density at radius 3 is 2.46 bits per heavy atom. The highest BCUT2D eigenvalue weighted by Crippen LogP contribution is 2.53. The van der Waals surface area contributed by atoms with E-state index in [1.54, 1.807) is 12.1 Å². The Balaban J connectivity index is 1.67. The van der Waals surface area contributed by atoms with Gasteiger partial charge in [-0.15, -0.1) is 0 Å². The summed E-state index contributed by atoms with van der Waals surface area (Å²) in [5.74, 6) is -2.01. The quantitative estimate of drug-likeness (QED) is 0.538. The van der Waals surface area contributed by atoms with Gasteiger partial charge in [-0.1, -0.05) is 35.9 Å². The van der Waals surface area contributed by atoms with Crippen molar-refractivity contribution in [2.75, 3.05) is 16.0 Å². The molecule has 0 aromatic heterocycles. The molecule has 3 aliphatic heterocycles. The van der Waals surface area contributed by atoms with E-state index in [1.807, 2.05) is 43.3 Å². The molecule has 2 N–H and O–H groups in total. The lowest BCUT2D eigenvalue weighted by Gasteiger charge is -2.29. The smallest absolute Gasteiger partial charge is 0.250 e. The van der Waals surface area contributed by atoms with Gasteiger partial charge in [0.15, 0.2) is 0 Å². The van der Waals surface area contributed by atoms with Gasteiger partial charge in [0, 0.05) is 23.0 Å². The van der Waals surface area contributed by atoms with Crippen molar-refractivity contribution in [2.24, 2.45) is 11.8 Å². The number of anilines is 2. The van der Waals surface area contributed by atoms with Gasteiger partial charge in [0.25, 0.3) is 0 Å². The monoisotopic (exact) mass is 393 g/mol. The first-order valence-corrected chi connectivity index (χ1v) is 9.86. The molecule has 2 aromatic rings. The normalized spacial score (nSPS) is 30.7. The minimum Gasteiger partial charge on any atom is -0.324 e. The van der Waals surface area contributed by atoms with E-state index in [-0.39, 0.29) is 23.8 Å². The maximum absolute atomic E-state index is 13.5. The fourth-order valence-corrected chi connectivity index (χ4v) is 5.18. The van der Waals surface area contributed by atoms with Crippen LogP contribution in [0.1, 0.15) is 11.1 Å². The maximum Gasteiger partial charge on any atom is 0.250 e. The molecule has 4 atom stereocenters. The first kappa shape index (κ1) is 17.5. The number of hydrogen-bond acceptors (Lipinski definition) is 5. The summed E-state index contributed by atoms with van der Waals surface area (Å²) >= 11 is 4.40. The van der Waals surface area contributed by atoms with Gasteiger partial charge in [0.05, 0.1) is 17.5 Å². The second-order valence-electron chi connectivity index (χ2n) is 7.59. The molecule has 3 heterocycles. The van der Waals surface area contributed by atoms with Crippen LogP contribution in [0.15, 0.2) is 48.5 Å². The SMILES string of the molecule is Cc1ccc(N2C(=O)[C@@H]3[C@H](CS)N[C@@]4(C(=O)Nc5ccccc54)[C@@H]3C2=O)cc1. The second kappa shape index (κ2) is 5.93. The fourth-order valence-electron chi connectivity index (χ4n) is 4.86. The van der Waals surface area contributed by atoms with Crippen molar-refractivity contribution in [3.8, 4) is 0 Å². The van der Waals surface area contributed by atoms with Gasteiger partial charge < -0.3 is 5.32 Å². The Bertz CT molecular complexity index is 1020. The largest absolute Gasteiger partial charge is 0.324 e. The van der Waals surface area contributed by atoms with E-state index in [2.05, 4.69) is 23.3 Å². The van der Waals surface area contributed by atoms with Crippen molar-refractivity contribution >= 4 is 41.7 Å². The van der Waals surface area contributed by atoms with Crippen LogP contribution >= 0.6 is 12.6 Å². The van der Waals surface area contributed by atoms with Crippen molar-refractivity contribution in [2.45, 2.75) is 18.5 Å². The highest BCUT2D eigenvalue weighted by Gasteiger charge is 2.70. The molecule has 0 aliphatic carbocycles. The summed E-state index contributed by atoms with van der Waals surface area (Å²) in [5, 5.41) is 6.19. The van der Waals surface area contributed by atoms with Crippen molar-refractivity contribution in [1.29, 1.82) is 0 Å². The van der Waals surface area contributed by atoms with Crippen LogP contribution in [0.3, 0.4) is 0 Å². The number of hydrogen-bond donors (Lipinski definition) is 3. The van der Waals surface area contributed by atoms with Gasteiger partial charge in [-0.3, -0.25) is 19.7 Å². The number of carbonyl (C=O) groups excluding carboxylic acids is 3. The zero-order valence-electron chi connectivity index (χ0n) is 15.2. The van der Waals surface area contributed by atoms with Gasteiger partial charge in [0.1, 0.15) is 5.54 Å². The number of nitrogens with zero attached hydrogens (tertiary/aromatic N) is 1. The summed E-state index contributed by atoms with van der Waals surface area (Å²) in [6.45, 7) is 1.95. The molecule has 1 spiro atoms. The van der Waals surface area contributed by atoms with Crippen LogP contribution in [0, 0.1) is 18.8 Å². The number of nitrogens with one attached hydrogen (secondary N) is 2. The molecule has 6 nitrogen and oxygen atoms in total. The van der Waals surface area contributed by atoms with Gasteiger partial charge in [-0.05, 0) is 25.1 Å². The predicted octanol–water partition coefficient (Wildman–Crippen LogP) is 1.85. The molecule has 142 valence electrons. The predicted molar refractivity (Wildman–Crippen MR) is 108 cm³/mol. The number of thiol groups is 1. The van der Waals surface area contributed by atoms with E-state index in [0.29, 0.717) is 22.7 Å². The summed E-state index contributed by atoms with van der Waals surface area (Å²) in [6, 6.07) is 14.2. The van der Waals surface area contributed by atoms with E-state index in [9.17, 15) is 14.4 Å². The zero-order valence-corrected chi connectivity index (χ0v) is 16.1. The molecular formula is C21H19N3O3S. The minimum absolute atomic E-state index is 0.278. The average molecular weight is 393 g/mol. The van der Waals surface area contributed by atoms with Crippen LogP contribution in [0.4, 0.5) is 11.4 Å². The standard InChI is InChI=1S/C21H19N3O3S/c1-11-6-8-12(9-7-11)24-18(25)16-15(10-28)23-21(17(16)19(24)26)13-4-2-3-5-14(13)22-20(21)27/h2-9,15-17,23,28H,10H2,1H3,(H,22,27)/t15-,16+,17-,21+/m0/s1. The topological polar surface area (TPSA) is 78.5 Å². The van der Waals surface area contributed by atoms with E-state index in [4.69, 9.17) is 0 Å². The van der Waals surface area contributed by atoms with E-state index in [0.717, 1.165) is 5.56 Å². The van der Waals surface area contributed by atoms with Crippen molar-refractivity contribution in [3.05, 3.63) is 59.7 Å². The summed E-state index contributed by atoms with van der Waals surface area (Å²) in [5.41, 5.74) is 1.72. The number of carbonyl (C=O) groups is 3. The van der Waals surface area contributed by atoms with Gasteiger partial charge in [0.2, 0.25) is 17.7 Å².